The molecule has 0 spiro atoms. The van der Waals surface area contributed by atoms with Gasteiger partial charge in [-0.3, -0.25) is 0 Å². The van der Waals surface area contributed by atoms with Crippen LogP contribution in [0.4, 0.5) is 0 Å². The lowest BCUT2D eigenvalue weighted by Crippen LogP contribution is -2.00. The van der Waals surface area contributed by atoms with Crippen LogP contribution < -0.4 is 0 Å². The summed E-state index contributed by atoms with van der Waals surface area (Å²) in [6, 6.07) is 54.7. The number of aromatic nitrogens is 1. The van der Waals surface area contributed by atoms with Crippen LogP contribution in [-0.4, -0.2) is 4.57 Å². The molecule has 3 heterocycles. The molecule has 0 aliphatic rings. The summed E-state index contributed by atoms with van der Waals surface area (Å²) in [6.07, 6.45) is 0. The topological polar surface area (TPSA) is 28.7 Å². The minimum atomic E-state index is 0.657. The van der Waals surface area contributed by atoms with E-state index >= 15 is 0 Å². The van der Waals surface area contributed by atoms with Gasteiger partial charge in [-0.15, -0.1) is 22.7 Å². The van der Waals surface area contributed by atoms with E-state index in [4.69, 9.17) is 0 Å². The van der Waals surface area contributed by atoms with Crippen molar-refractivity contribution in [3.05, 3.63) is 151 Å². The highest BCUT2D eigenvalue weighted by Crippen LogP contribution is 2.44. The molecule has 47 heavy (non-hydrogen) atoms. The number of rotatable bonds is 3. The number of nitriles is 1. The molecule has 0 saturated carbocycles. The van der Waals surface area contributed by atoms with Gasteiger partial charge < -0.3 is 4.57 Å². The largest absolute Gasteiger partial charge is 0.307 e. The van der Waals surface area contributed by atoms with Gasteiger partial charge in [0.1, 0.15) is 6.07 Å². The summed E-state index contributed by atoms with van der Waals surface area (Å²) >= 11 is 3.72. The van der Waals surface area contributed by atoms with Gasteiger partial charge in [0.05, 0.1) is 22.3 Å². The van der Waals surface area contributed by atoms with Crippen LogP contribution in [0.3, 0.4) is 0 Å². The molecule has 0 saturated heterocycles. The maximum absolute atomic E-state index is 10.4. The quantitative estimate of drug-likeness (QED) is 0.190. The maximum Gasteiger partial charge on any atom is 0.101 e. The van der Waals surface area contributed by atoms with E-state index in [1.54, 1.807) is 0 Å². The lowest BCUT2D eigenvalue weighted by molar-refractivity contribution is 1.17. The number of fused-ring (bicyclic) bond motifs is 9. The molecule has 0 fully saturated rings. The fourth-order valence-corrected chi connectivity index (χ4v) is 9.59. The van der Waals surface area contributed by atoms with E-state index in [0.717, 1.165) is 27.8 Å². The molecule has 10 aromatic rings. The average Bonchev–Trinajstić information content (AvgIpc) is 3.78. The molecule has 0 radical (unpaired) electrons. The molecular weight excluding hydrogens is 609 g/mol. The summed E-state index contributed by atoms with van der Waals surface area (Å²) < 4.78 is 7.48. The Bertz CT molecular complexity index is 2860. The first-order chi connectivity index (χ1) is 23.2. The van der Waals surface area contributed by atoms with Crippen molar-refractivity contribution in [2.45, 2.75) is 0 Å². The molecule has 3 aromatic heterocycles. The molecule has 0 bridgehead atoms. The van der Waals surface area contributed by atoms with E-state index in [9.17, 15) is 5.26 Å². The highest BCUT2D eigenvalue weighted by atomic mass is 32.1. The normalized spacial score (nSPS) is 11.8. The number of para-hydroxylation sites is 3. The molecule has 7 aromatic carbocycles. The first-order valence-electron chi connectivity index (χ1n) is 15.7. The van der Waals surface area contributed by atoms with E-state index in [1.807, 2.05) is 34.8 Å². The van der Waals surface area contributed by atoms with Gasteiger partial charge in [0.2, 0.25) is 0 Å². The van der Waals surface area contributed by atoms with Gasteiger partial charge in [0.25, 0.3) is 0 Å². The maximum atomic E-state index is 10.4. The van der Waals surface area contributed by atoms with E-state index < -0.39 is 0 Å². The Labute approximate surface area is 278 Å². The molecule has 10 rings (SSSR count). The Hall–Kier alpha value is -5.73. The molecule has 0 aliphatic carbocycles. The average molecular weight is 633 g/mol. The van der Waals surface area contributed by atoms with Gasteiger partial charge in [-0.2, -0.15) is 5.26 Å². The van der Waals surface area contributed by atoms with Crippen molar-refractivity contribution in [1.82, 2.24) is 4.57 Å². The number of hydrogen-bond acceptors (Lipinski definition) is 3. The molecule has 2 nitrogen and oxygen atoms in total. The number of thiophene rings is 2. The SMILES string of the molecule is N#Cc1cccc(-c2ccc3sc4cc5sc6ccc(-c7ccccc7)cc6c5cc4c3c2)c1-n1c2ccccc2c2ccccc21. The molecule has 4 heteroatoms. The van der Waals surface area contributed by atoms with Crippen LogP contribution in [-0.2, 0) is 0 Å². The molecule has 0 N–H and O–H groups in total. The highest BCUT2D eigenvalue weighted by Gasteiger charge is 2.19. The van der Waals surface area contributed by atoms with Crippen molar-refractivity contribution in [1.29, 1.82) is 5.26 Å². The number of benzene rings is 7. The van der Waals surface area contributed by atoms with Crippen LogP contribution in [0.25, 0.3) is 90.1 Å². The molecular formula is C43H24N2S2. The predicted octanol–water partition coefficient (Wildman–Crippen LogP) is 12.7. The predicted molar refractivity (Wildman–Crippen MR) is 202 cm³/mol. The van der Waals surface area contributed by atoms with Crippen LogP contribution in [0.15, 0.2) is 146 Å². The number of nitrogens with zero attached hydrogens (tertiary/aromatic N) is 2. The molecule has 0 unspecified atom stereocenters. The third-order valence-corrected chi connectivity index (χ3v) is 11.7. The van der Waals surface area contributed by atoms with Gasteiger partial charge in [0.15, 0.2) is 0 Å². The summed E-state index contributed by atoms with van der Waals surface area (Å²) in [6.45, 7) is 0. The Morgan fingerprint density at radius 3 is 1.66 bits per heavy atom. The molecule has 0 aliphatic heterocycles. The van der Waals surface area contributed by atoms with Crippen LogP contribution in [0.1, 0.15) is 5.56 Å². The Morgan fingerprint density at radius 1 is 0.426 bits per heavy atom. The summed E-state index contributed by atoms with van der Waals surface area (Å²) in [5.74, 6) is 0. The van der Waals surface area contributed by atoms with Crippen molar-refractivity contribution >= 4 is 84.8 Å². The van der Waals surface area contributed by atoms with Gasteiger partial charge in [-0.1, -0.05) is 91.0 Å². The Kier molecular flexibility index (Phi) is 5.71. The van der Waals surface area contributed by atoms with E-state index in [1.165, 1.54) is 62.2 Å². The second-order valence-corrected chi connectivity index (χ2v) is 14.2. The lowest BCUT2D eigenvalue weighted by atomic mass is 9.97. The van der Waals surface area contributed by atoms with Crippen LogP contribution >= 0.6 is 22.7 Å². The van der Waals surface area contributed by atoms with Gasteiger partial charge in [-0.05, 0) is 71.3 Å². The standard InChI is InChI=1S/C43H24N2S2/c44-25-29-11-8-14-30(43(29)45-37-15-6-4-12-31(37)32-13-5-7-16-38(32)45)28-18-20-40-34(22-28)36-23-35-33-21-27(26-9-2-1-3-10-26)17-19-39(33)46-41(35)24-42(36)47-40/h1-24H. The smallest absolute Gasteiger partial charge is 0.101 e. The molecule has 0 atom stereocenters. The monoisotopic (exact) mass is 632 g/mol. The van der Waals surface area contributed by atoms with Gasteiger partial charge >= 0.3 is 0 Å². The highest BCUT2D eigenvalue weighted by molar-refractivity contribution is 7.28. The zero-order valence-electron chi connectivity index (χ0n) is 25.1. The summed E-state index contributed by atoms with van der Waals surface area (Å²) in [7, 11) is 0. The van der Waals surface area contributed by atoms with Crippen molar-refractivity contribution in [3.63, 3.8) is 0 Å². The summed E-state index contributed by atoms with van der Waals surface area (Å²) in [5, 5.41) is 17.9. The Morgan fingerprint density at radius 2 is 1.00 bits per heavy atom. The second-order valence-electron chi connectivity index (χ2n) is 12.0. The van der Waals surface area contributed by atoms with E-state index in [-0.39, 0.29) is 0 Å². The van der Waals surface area contributed by atoms with Crippen molar-refractivity contribution in [3.8, 4) is 34.0 Å². The minimum absolute atomic E-state index is 0.657. The minimum Gasteiger partial charge on any atom is -0.307 e. The van der Waals surface area contributed by atoms with Gasteiger partial charge in [-0.25, -0.2) is 0 Å². The van der Waals surface area contributed by atoms with E-state index in [0.29, 0.717) is 5.56 Å². The van der Waals surface area contributed by atoms with Crippen molar-refractivity contribution in [2.24, 2.45) is 0 Å². The molecule has 0 amide bonds. The van der Waals surface area contributed by atoms with Crippen molar-refractivity contribution in [2.75, 3.05) is 0 Å². The zero-order chi connectivity index (χ0) is 31.1. The van der Waals surface area contributed by atoms with Crippen LogP contribution in [0, 0.1) is 11.3 Å². The zero-order valence-corrected chi connectivity index (χ0v) is 26.7. The van der Waals surface area contributed by atoms with Crippen LogP contribution in [0.2, 0.25) is 0 Å². The first-order valence-corrected chi connectivity index (χ1v) is 17.3. The summed E-state index contributed by atoms with van der Waals surface area (Å²) in [4.78, 5) is 0. The van der Waals surface area contributed by atoms with Gasteiger partial charge in [0, 0.05) is 56.7 Å². The first kappa shape index (κ1) is 26.5. The second kappa shape index (κ2) is 10.1. The van der Waals surface area contributed by atoms with E-state index in [2.05, 4.69) is 144 Å². The third kappa shape index (κ3) is 3.95. The van der Waals surface area contributed by atoms with Crippen LogP contribution in [0.5, 0.6) is 0 Å². The third-order valence-electron chi connectivity index (χ3n) is 9.44. The number of hydrogen-bond donors (Lipinski definition) is 0. The van der Waals surface area contributed by atoms with Crippen molar-refractivity contribution < 1.29 is 0 Å². The fraction of sp³-hybridized carbons (Fsp3) is 0. The lowest BCUT2D eigenvalue weighted by Gasteiger charge is -2.16. The Balaban J connectivity index is 1.21. The summed E-state index contributed by atoms with van der Waals surface area (Å²) in [5.41, 5.74) is 8.40. The molecule has 218 valence electrons. The fourth-order valence-electron chi connectivity index (χ4n) is 7.30.